The first-order valence-electron chi connectivity index (χ1n) is 9.03. The SMILES string of the molecule is CCN(CC(=O)NC1CCS(=O)(=O)C1)S(=O)(=O)c1ccc2c(c1)CCC(=O)N2. The molecule has 2 amide bonds. The number of benzene rings is 1. The van der Waals surface area contributed by atoms with Gasteiger partial charge in [-0.1, -0.05) is 6.92 Å². The van der Waals surface area contributed by atoms with E-state index in [1.807, 2.05) is 0 Å². The highest BCUT2D eigenvalue weighted by Crippen LogP contribution is 2.27. The maximum atomic E-state index is 13.0. The lowest BCUT2D eigenvalue weighted by Gasteiger charge is -2.23. The number of fused-ring (bicyclic) bond motifs is 1. The van der Waals surface area contributed by atoms with Crippen LogP contribution in [0.1, 0.15) is 25.3 Å². The highest BCUT2D eigenvalue weighted by atomic mass is 32.2. The van der Waals surface area contributed by atoms with E-state index in [4.69, 9.17) is 0 Å². The van der Waals surface area contributed by atoms with Crippen molar-refractivity contribution in [3.05, 3.63) is 23.8 Å². The molecule has 1 aromatic rings. The van der Waals surface area contributed by atoms with E-state index in [-0.39, 0.29) is 35.4 Å². The number of rotatable bonds is 6. The minimum absolute atomic E-state index is 0.0272. The van der Waals surface area contributed by atoms with E-state index in [9.17, 15) is 26.4 Å². The number of nitrogens with one attached hydrogen (secondary N) is 2. The Morgan fingerprint density at radius 2 is 2.07 bits per heavy atom. The first kappa shape index (κ1) is 20.7. The number of hydrogen-bond donors (Lipinski definition) is 2. The van der Waals surface area contributed by atoms with Crippen LogP contribution in [0.2, 0.25) is 0 Å². The fourth-order valence-electron chi connectivity index (χ4n) is 3.38. The summed E-state index contributed by atoms with van der Waals surface area (Å²) in [5.41, 5.74) is 1.33. The van der Waals surface area contributed by atoms with E-state index in [0.717, 1.165) is 9.87 Å². The zero-order valence-electron chi connectivity index (χ0n) is 15.5. The maximum absolute atomic E-state index is 13.0. The molecule has 0 aliphatic carbocycles. The molecule has 1 aromatic carbocycles. The van der Waals surface area contributed by atoms with Gasteiger partial charge in [0.25, 0.3) is 0 Å². The van der Waals surface area contributed by atoms with E-state index < -0.39 is 31.8 Å². The van der Waals surface area contributed by atoms with Crippen LogP contribution in [-0.4, -0.2) is 63.6 Å². The minimum Gasteiger partial charge on any atom is -0.351 e. The van der Waals surface area contributed by atoms with Gasteiger partial charge < -0.3 is 10.6 Å². The zero-order valence-corrected chi connectivity index (χ0v) is 17.1. The molecule has 2 aliphatic heterocycles. The number of carbonyl (C=O) groups is 2. The largest absolute Gasteiger partial charge is 0.351 e. The summed E-state index contributed by atoms with van der Waals surface area (Å²) in [5, 5.41) is 5.31. The van der Waals surface area contributed by atoms with Crippen molar-refractivity contribution < 1.29 is 26.4 Å². The van der Waals surface area contributed by atoms with Gasteiger partial charge >= 0.3 is 0 Å². The molecule has 1 atom stereocenters. The molecular weight excluding hydrogens is 406 g/mol. The van der Waals surface area contributed by atoms with Crippen molar-refractivity contribution in [1.29, 1.82) is 0 Å². The molecule has 1 fully saturated rings. The molecule has 2 N–H and O–H groups in total. The lowest BCUT2D eigenvalue weighted by atomic mass is 10.0. The molecule has 11 heteroatoms. The molecule has 154 valence electrons. The summed E-state index contributed by atoms with van der Waals surface area (Å²) in [4.78, 5) is 23.8. The third kappa shape index (κ3) is 4.53. The number of sulfone groups is 1. The summed E-state index contributed by atoms with van der Waals surface area (Å²) in [7, 11) is -7.04. The van der Waals surface area contributed by atoms with Crippen molar-refractivity contribution in [2.75, 3.05) is 29.9 Å². The van der Waals surface area contributed by atoms with Gasteiger partial charge in [-0.3, -0.25) is 9.59 Å². The Morgan fingerprint density at radius 3 is 2.71 bits per heavy atom. The normalized spacial score (nSPS) is 21.2. The van der Waals surface area contributed by atoms with Gasteiger partial charge in [-0.15, -0.1) is 0 Å². The molecule has 0 spiro atoms. The third-order valence-electron chi connectivity index (χ3n) is 4.88. The van der Waals surface area contributed by atoms with Crippen LogP contribution in [0.15, 0.2) is 23.1 Å². The molecule has 2 heterocycles. The molecule has 0 radical (unpaired) electrons. The number of carbonyl (C=O) groups excluding carboxylic acids is 2. The van der Waals surface area contributed by atoms with Crippen molar-refractivity contribution in [1.82, 2.24) is 9.62 Å². The standard InChI is InChI=1S/C17H23N3O6S2/c1-2-20(10-17(22)18-13-7-8-27(23,24)11-13)28(25,26)14-4-5-15-12(9-14)3-6-16(21)19-15/h4-5,9,13H,2-3,6-8,10-11H2,1H3,(H,18,22)(H,19,21). The third-order valence-corrected chi connectivity index (χ3v) is 8.56. The molecule has 3 rings (SSSR count). The van der Waals surface area contributed by atoms with Crippen LogP contribution >= 0.6 is 0 Å². The predicted molar refractivity (Wildman–Crippen MR) is 103 cm³/mol. The van der Waals surface area contributed by atoms with Crippen molar-refractivity contribution in [2.45, 2.75) is 37.1 Å². The fraction of sp³-hybridized carbons (Fsp3) is 0.529. The van der Waals surface area contributed by atoms with E-state index in [1.54, 1.807) is 13.0 Å². The lowest BCUT2D eigenvalue weighted by molar-refractivity contribution is -0.121. The van der Waals surface area contributed by atoms with Crippen molar-refractivity contribution in [2.24, 2.45) is 0 Å². The second-order valence-electron chi connectivity index (χ2n) is 6.97. The Hall–Kier alpha value is -1.98. The van der Waals surface area contributed by atoms with Gasteiger partial charge in [0, 0.05) is 24.7 Å². The minimum atomic E-state index is -3.91. The number of hydrogen-bond acceptors (Lipinski definition) is 6. The molecular formula is C17H23N3O6S2. The Kier molecular flexibility index (Phi) is 5.78. The van der Waals surface area contributed by atoms with Gasteiger partial charge in [0.1, 0.15) is 0 Å². The second kappa shape index (κ2) is 7.80. The molecule has 28 heavy (non-hydrogen) atoms. The summed E-state index contributed by atoms with van der Waals surface area (Å²) in [5.74, 6) is -0.727. The molecule has 0 aromatic heterocycles. The number of likely N-dealkylation sites (N-methyl/N-ethyl adjacent to an activating group) is 1. The monoisotopic (exact) mass is 429 g/mol. The van der Waals surface area contributed by atoms with Crippen molar-refractivity contribution in [3.63, 3.8) is 0 Å². The zero-order chi connectivity index (χ0) is 20.5. The summed E-state index contributed by atoms with van der Waals surface area (Å²) >= 11 is 0. The molecule has 2 aliphatic rings. The van der Waals surface area contributed by atoms with E-state index in [2.05, 4.69) is 10.6 Å². The smallest absolute Gasteiger partial charge is 0.243 e. The van der Waals surface area contributed by atoms with Gasteiger partial charge in [-0.25, -0.2) is 16.8 Å². The summed E-state index contributed by atoms with van der Waals surface area (Å²) < 4.78 is 50.0. The second-order valence-corrected chi connectivity index (χ2v) is 11.1. The number of nitrogens with zero attached hydrogens (tertiary/aromatic N) is 1. The van der Waals surface area contributed by atoms with Crippen LogP contribution in [0, 0.1) is 0 Å². The van der Waals surface area contributed by atoms with Crippen LogP contribution < -0.4 is 10.6 Å². The highest BCUT2D eigenvalue weighted by Gasteiger charge is 2.31. The summed E-state index contributed by atoms with van der Waals surface area (Å²) in [6.45, 7) is 1.33. The lowest BCUT2D eigenvalue weighted by Crippen LogP contribution is -2.44. The van der Waals surface area contributed by atoms with Crippen LogP contribution in [0.5, 0.6) is 0 Å². The maximum Gasteiger partial charge on any atom is 0.243 e. The molecule has 9 nitrogen and oxygen atoms in total. The Morgan fingerprint density at radius 1 is 1.32 bits per heavy atom. The van der Waals surface area contributed by atoms with Gasteiger partial charge in [0.05, 0.1) is 22.9 Å². The number of anilines is 1. The van der Waals surface area contributed by atoms with Gasteiger partial charge in [0.15, 0.2) is 9.84 Å². The molecule has 0 saturated carbocycles. The van der Waals surface area contributed by atoms with Crippen LogP contribution in [-0.2, 0) is 35.9 Å². The van der Waals surface area contributed by atoms with E-state index >= 15 is 0 Å². The molecule has 1 saturated heterocycles. The van der Waals surface area contributed by atoms with Gasteiger partial charge in [0.2, 0.25) is 21.8 Å². The first-order chi connectivity index (χ1) is 13.1. The van der Waals surface area contributed by atoms with Crippen molar-refractivity contribution in [3.8, 4) is 0 Å². The fourth-order valence-corrected chi connectivity index (χ4v) is 6.51. The van der Waals surface area contributed by atoms with E-state index in [1.165, 1.54) is 12.1 Å². The van der Waals surface area contributed by atoms with E-state index in [0.29, 0.717) is 24.9 Å². The Bertz CT molecular complexity index is 1000. The van der Waals surface area contributed by atoms with Crippen molar-refractivity contribution >= 4 is 37.4 Å². The highest BCUT2D eigenvalue weighted by molar-refractivity contribution is 7.91. The van der Waals surface area contributed by atoms with Crippen LogP contribution in [0.4, 0.5) is 5.69 Å². The van der Waals surface area contributed by atoms with Crippen LogP contribution in [0.3, 0.4) is 0 Å². The quantitative estimate of drug-likeness (QED) is 0.649. The Balaban J connectivity index is 1.72. The molecule has 0 bridgehead atoms. The number of sulfonamides is 1. The predicted octanol–water partition coefficient (Wildman–Crippen LogP) is -0.115. The van der Waals surface area contributed by atoms with Gasteiger partial charge in [-0.05, 0) is 36.6 Å². The first-order valence-corrected chi connectivity index (χ1v) is 12.3. The van der Waals surface area contributed by atoms with Crippen LogP contribution in [0.25, 0.3) is 0 Å². The average molecular weight is 430 g/mol. The number of aryl methyl sites for hydroxylation is 1. The Labute approximate surface area is 164 Å². The van der Waals surface area contributed by atoms with Gasteiger partial charge in [-0.2, -0.15) is 4.31 Å². The molecule has 1 unspecified atom stereocenters. The average Bonchev–Trinajstić information content (AvgIpc) is 2.97. The summed E-state index contributed by atoms with van der Waals surface area (Å²) in [6, 6.07) is 4.00. The summed E-state index contributed by atoms with van der Waals surface area (Å²) in [6.07, 6.45) is 1.08. The number of amides is 2. The topological polar surface area (TPSA) is 130 Å².